The molecule has 0 aliphatic carbocycles. The van der Waals surface area contributed by atoms with Gasteiger partial charge in [0.1, 0.15) is 5.75 Å². The Kier molecular flexibility index (Phi) is 4.63. The topological polar surface area (TPSA) is 34.1 Å². The van der Waals surface area contributed by atoms with Crippen LogP contribution in [-0.2, 0) is 6.54 Å². The van der Waals surface area contributed by atoms with Crippen molar-refractivity contribution in [2.45, 2.75) is 26.5 Å². The normalized spacial score (nSPS) is 10.5. The molecular formula is C15H17ClN2O. The molecule has 1 aromatic carbocycles. The Hall–Kier alpha value is -1.74. The standard InChI is InChI=1S/C15H17ClN2O/c1-11(2)19-13-5-3-12(4-6-13)9-18-15-10-17-8-7-14(15)16/h3-8,10-11,18H,9H2,1-2H3. The molecule has 0 unspecified atom stereocenters. The average molecular weight is 277 g/mol. The summed E-state index contributed by atoms with van der Waals surface area (Å²) in [6.07, 6.45) is 3.59. The number of hydrogen-bond acceptors (Lipinski definition) is 3. The summed E-state index contributed by atoms with van der Waals surface area (Å²) in [4.78, 5) is 4.04. The van der Waals surface area contributed by atoms with Crippen LogP contribution in [0, 0.1) is 0 Å². The van der Waals surface area contributed by atoms with Crippen molar-refractivity contribution in [1.29, 1.82) is 0 Å². The van der Waals surface area contributed by atoms with Gasteiger partial charge >= 0.3 is 0 Å². The highest BCUT2D eigenvalue weighted by molar-refractivity contribution is 6.33. The number of hydrogen-bond donors (Lipinski definition) is 1. The summed E-state index contributed by atoms with van der Waals surface area (Å²) in [5, 5.41) is 3.93. The van der Waals surface area contributed by atoms with E-state index in [0.717, 1.165) is 17.0 Å². The summed E-state index contributed by atoms with van der Waals surface area (Å²) in [7, 11) is 0. The lowest BCUT2D eigenvalue weighted by molar-refractivity contribution is 0.242. The first-order chi connectivity index (χ1) is 9.15. The molecule has 0 aliphatic rings. The molecule has 0 aliphatic heterocycles. The smallest absolute Gasteiger partial charge is 0.119 e. The SMILES string of the molecule is CC(C)Oc1ccc(CNc2cnccc2Cl)cc1. The lowest BCUT2D eigenvalue weighted by Gasteiger charge is -2.11. The van der Waals surface area contributed by atoms with Crippen molar-refractivity contribution in [3.05, 3.63) is 53.3 Å². The molecule has 3 nitrogen and oxygen atoms in total. The molecule has 0 spiro atoms. The van der Waals surface area contributed by atoms with Crippen molar-refractivity contribution >= 4 is 17.3 Å². The number of halogens is 1. The van der Waals surface area contributed by atoms with E-state index in [0.29, 0.717) is 11.6 Å². The first kappa shape index (κ1) is 13.7. The van der Waals surface area contributed by atoms with Gasteiger partial charge in [0.05, 0.1) is 23.0 Å². The minimum atomic E-state index is 0.193. The maximum Gasteiger partial charge on any atom is 0.119 e. The van der Waals surface area contributed by atoms with Crippen molar-refractivity contribution in [2.75, 3.05) is 5.32 Å². The largest absolute Gasteiger partial charge is 0.491 e. The highest BCUT2D eigenvalue weighted by Gasteiger charge is 2.01. The van der Waals surface area contributed by atoms with E-state index in [2.05, 4.69) is 10.3 Å². The van der Waals surface area contributed by atoms with Gasteiger partial charge in [-0.2, -0.15) is 0 Å². The first-order valence-corrected chi connectivity index (χ1v) is 6.62. The van der Waals surface area contributed by atoms with Gasteiger partial charge in [0.2, 0.25) is 0 Å². The number of ether oxygens (including phenoxy) is 1. The van der Waals surface area contributed by atoms with E-state index in [4.69, 9.17) is 16.3 Å². The van der Waals surface area contributed by atoms with Crippen LogP contribution in [0.15, 0.2) is 42.7 Å². The van der Waals surface area contributed by atoms with Gasteiger partial charge in [-0.25, -0.2) is 0 Å². The minimum Gasteiger partial charge on any atom is -0.491 e. The van der Waals surface area contributed by atoms with E-state index in [-0.39, 0.29) is 6.10 Å². The summed E-state index contributed by atoms with van der Waals surface area (Å²) >= 11 is 6.05. The van der Waals surface area contributed by atoms with Crippen molar-refractivity contribution in [1.82, 2.24) is 4.98 Å². The Balaban J connectivity index is 1.95. The maximum atomic E-state index is 6.05. The summed E-state index contributed by atoms with van der Waals surface area (Å²) in [6.45, 7) is 4.73. The molecule has 100 valence electrons. The second-order valence-corrected chi connectivity index (χ2v) is 4.93. The fourth-order valence-electron chi connectivity index (χ4n) is 1.66. The van der Waals surface area contributed by atoms with Crippen LogP contribution in [0.25, 0.3) is 0 Å². The highest BCUT2D eigenvalue weighted by Crippen LogP contribution is 2.20. The Labute approximate surface area is 118 Å². The van der Waals surface area contributed by atoms with Gasteiger partial charge in [-0.1, -0.05) is 23.7 Å². The monoisotopic (exact) mass is 276 g/mol. The Morgan fingerprint density at radius 2 is 1.95 bits per heavy atom. The maximum absolute atomic E-state index is 6.05. The second-order valence-electron chi connectivity index (χ2n) is 4.52. The van der Waals surface area contributed by atoms with Crippen LogP contribution in [0.4, 0.5) is 5.69 Å². The summed E-state index contributed by atoms with van der Waals surface area (Å²) in [6, 6.07) is 9.79. The summed E-state index contributed by atoms with van der Waals surface area (Å²) < 4.78 is 5.60. The van der Waals surface area contributed by atoms with Gasteiger partial charge in [-0.3, -0.25) is 4.98 Å². The average Bonchev–Trinajstić information content (AvgIpc) is 2.39. The Bertz CT molecular complexity index is 526. The number of anilines is 1. The van der Waals surface area contributed by atoms with E-state index < -0.39 is 0 Å². The first-order valence-electron chi connectivity index (χ1n) is 6.24. The molecule has 2 aromatic rings. The zero-order valence-corrected chi connectivity index (χ0v) is 11.8. The molecule has 4 heteroatoms. The van der Waals surface area contributed by atoms with Crippen LogP contribution in [-0.4, -0.2) is 11.1 Å². The quantitative estimate of drug-likeness (QED) is 0.891. The van der Waals surface area contributed by atoms with Crippen molar-refractivity contribution < 1.29 is 4.74 Å². The zero-order valence-electron chi connectivity index (χ0n) is 11.1. The molecule has 1 N–H and O–H groups in total. The molecule has 0 fully saturated rings. The van der Waals surface area contributed by atoms with E-state index in [1.807, 2.05) is 38.1 Å². The van der Waals surface area contributed by atoms with Crippen molar-refractivity contribution in [3.63, 3.8) is 0 Å². The Morgan fingerprint density at radius 1 is 1.21 bits per heavy atom. The minimum absolute atomic E-state index is 0.193. The third kappa shape index (κ3) is 4.14. The van der Waals surface area contributed by atoms with Crippen LogP contribution in [0.3, 0.4) is 0 Å². The van der Waals surface area contributed by atoms with Crippen LogP contribution in [0.2, 0.25) is 5.02 Å². The second kappa shape index (κ2) is 6.43. The van der Waals surface area contributed by atoms with Crippen LogP contribution in [0.1, 0.15) is 19.4 Å². The molecule has 0 saturated carbocycles. The molecule has 0 saturated heterocycles. The summed E-state index contributed by atoms with van der Waals surface area (Å²) in [5.74, 6) is 0.887. The number of nitrogens with one attached hydrogen (secondary N) is 1. The number of rotatable bonds is 5. The highest BCUT2D eigenvalue weighted by atomic mass is 35.5. The molecule has 0 radical (unpaired) electrons. The third-order valence-electron chi connectivity index (χ3n) is 2.55. The van der Waals surface area contributed by atoms with E-state index in [1.165, 1.54) is 0 Å². The molecule has 1 aromatic heterocycles. The molecule has 19 heavy (non-hydrogen) atoms. The lowest BCUT2D eigenvalue weighted by Crippen LogP contribution is -2.05. The number of aromatic nitrogens is 1. The van der Waals surface area contributed by atoms with Crippen LogP contribution in [0.5, 0.6) is 5.75 Å². The van der Waals surface area contributed by atoms with Gasteiger partial charge in [0.25, 0.3) is 0 Å². The van der Waals surface area contributed by atoms with Crippen LogP contribution >= 0.6 is 11.6 Å². The van der Waals surface area contributed by atoms with E-state index in [9.17, 15) is 0 Å². The molecule has 0 atom stereocenters. The molecule has 0 amide bonds. The molecule has 0 bridgehead atoms. The van der Waals surface area contributed by atoms with Crippen LogP contribution < -0.4 is 10.1 Å². The van der Waals surface area contributed by atoms with Gasteiger partial charge in [-0.05, 0) is 37.6 Å². The van der Waals surface area contributed by atoms with E-state index in [1.54, 1.807) is 18.5 Å². The van der Waals surface area contributed by atoms with Crippen molar-refractivity contribution in [3.8, 4) is 5.75 Å². The molecule has 2 rings (SSSR count). The fourth-order valence-corrected chi connectivity index (χ4v) is 1.83. The molecular weight excluding hydrogens is 260 g/mol. The van der Waals surface area contributed by atoms with Gasteiger partial charge < -0.3 is 10.1 Å². The number of benzene rings is 1. The number of pyridine rings is 1. The van der Waals surface area contributed by atoms with Gasteiger partial charge in [-0.15, -0.1) is 0 Å². The zero-order chi connectivity index (χ0) is 13.7. The van der Waals surface area contributed by atoms with E-state index >= 15 is 0 Å². The lowest BCUT2D eigenvalue weighted by atomic mass is 10.2. The fraction of sp³-hybridized carbons (Fsp3) is 0.267. The van der Waals surface area contributed by atoms with Gasteiger partial charge in [0, 0.05) is 12.7 Å². The van der Waals surface area contributed by atoms with Crippen molar-refractivity contribution in [2.24, 2.45) is 0 Å². The summed E-state index contributed by atoms with van der Waals surface area (Å²) in [5.41, 5.74) is 2.00. The number of nitrogens with zero attached hydrogens (tertiary/aromatic N) is 1. The predicted molar refractivity (Wildman–Crippen MR) is 78.8 cm³/mol. The Morgan fingerprint density at radius 3 is 2.58 bits per heavy atom. The molecule has 1 heterocycles. The van der Waals surface area contributed by atoms with Gasteiger partial charge in [0.15, 0.2) is 0 Å². The third-order valence-corrected chi connectivity index (χ3v) is 2.88. The predicted octanol–water partition coefficient (Wildman–Crippen LogP) is 4.13.